The van der Waals surface area contributed by atoms with E-state index in [9.17, 15) is 17.2 Å². The zero-order valence-electron chi connectivity index (χ0n) is 10.7. The molecule has 0 amide bonds. The van der Waals surface area contributed by atoms with Crippen LogP contribution in [0.4, 0.5) is 8.78 Å². The third kappa shape index (κ3) is 3.92. The Morgan fingerprint density at radius 2 is 1.67 bits per heavy atom. The van der Waals surface area contributed by atoms with Crippen molar-refractivity contribution >= 4 is 19.7 Å². The Morgan fingerprint density at radius 1 is 1.00 bits per heavy atom. The molecule has 0 atom stereocenters. The van der Waals surface area contributed by atoms with Crippen molar-refractivity contribution in [2.45, 2.75) is 11.3 Å². The molecule has 3 nitrogen and oxygen atoms in total. The number of hydrogen-bond acceptors (Lipinski definition) is 3. The minimum Gasteiger partial charge on any atom is -0.490 e. The van der Waals surface area contributed by atoms with Crippen molar-refractivity contribution < 1.29 is 21.9 Å². The Hall–Kier alpha value is -1.66. The van der Waals surface area contributed by atoms with E-state index in [4.69, 9.17) is 15.4 Å². The van der Waals surface area contributed by atoms with Gasteiger partial charge in [0.2, 0.25) is 5.82 Å². The van der Waals surface area contributed by atoms with Crippen molar-refractivity contribution in [3.8, 4) is 5.75 Å². The van der Waals surface area contributed by atoms with Gasteiger partial charge in [-0.1, -0.05) is 30.3 Å². The van der Waals surface area contributed by atoms with Crippen LogP contribution in [0.2, 0.25) is 0 Å². The first-order valence-corrected chi connectivity index (χ1v) is 8.30. The van der Waals surface area contributed by atoms with Crippen molar-refractivity contribution in [1.82, 2.24) is 0 Å². The summed E-state index contributed by atoms with van der Waals surface area (Å²) in [6.07, 6.45) is 0.511. The minimum absolute atomic E-state index is 0.132. The molecular weight excluding hydrogens is 322 g/mol. The van der Waals surface area contributed by atoms with E-state index in [-0.39, 0.29) is 12.4 Å². The molecule has 0 spiro atoms. The highest BCUT2D eigenvalue weighted by molar-refractivity contribution is 8.13. The first-order chi connectivity index (χ1) is 9.89. The van der Waals surface area contributed by atoms with Crippen molar-refractivity contribution in [2.75, 3.05) is 6.61 Å². The summed E-state index contributed by atoms with van der Waals surface area (Å²) in [7, 11) is 0.663. The van der Waals surface area contributed by atoms with E-state index in [1.54, 1.807) is 0 Å². The van der Waals surface area contributed by atoms with Gasteiger partial charge in [0, 0.05) is 17.1 Å². The summed E-state index contributed by atoms with van der Waals surface area (Å²) in [6, 6.07) is 11.3. The molecule has 0 aliphatic rings. The third-order valence-electron chi connectivity index (χ3n) is 2.77. The smallest absolute Gasteiger partial charge is 0.264 e. The molecule has 2 aromatic carbocycles. The lowest BCUT2D eigenvalue weighted by molar-refractivity contribution is 0.297. The van der Waals surface area contributed by atoms with Gasteiger partial charge in [-0.25, -0.2) is 12.8 Å². The van der Waals surface area contributed by atoms with Crippen LogP contribution in [0.1, 0.15) is 5.56 Å². The average molecular weight is 333 g/mol. The molecule has 0 aliphatic carbocycles. The predicted octanol–water partition coefficient (Wildman–Crippen LogP) is 3.51. The highest BCUT2D eigenvalue weighted by atomic mass is 35.7. The van der Waals surface area contributed by atoms with Crippen LogP contribution < -0.4 is 4.74 Å². The third-order valence-corrected chi connectivity index (χ3v) is 4.10. The molecule has 0 aromatic heterocycles. The van der Waals surface area contributed by atoms with Crippen molar-refractivity contribution in [2.24, 2.45) is 0 Å². The Labute approximate surface area is 125 Å². The maximum absolute atomic E-state index is 13.7. The maximum atomic E-state index is 13.7. The number of hydrogen-bond donors (Lipinski definition) is 0. The summed E-state index contributed by atoms with van der Waals surface area (Å²) in [5.41, 5.74) is 0.985. The predicted molar refractivity (Wildman–Crippen MR) is 75.0 cm³/mol. The van der Waals surface area contributed by atoms with E-state index >= 15 is 0 Å². The van der Waals surface area contributed by atoms with Gasteiger partial charge >= 0.3 is 0 Å². The molecule has 0 fully saturated rings. The molecule has 7 heteroatoms. The Kier molecular flexibility index (Phi) is 4.80. The van der Waals surface area contributed by atoms with Crippen LogP contribution in [0, 0.1) is 11.6 Å². The second-order valence-electron chi connectivity index (χ2n) is 4.21. The molecule has 0 bridgehead atoms. The van der Waals surface area contributed by atoms with Crippen LogP contribution in [0.3, 0.4) is 0 Å². The van der Waals surface area contributed by atoms with Gasteiger partial charge in [0.1, 0.15) is 4.90 Å². The van der Waals surface area contributed by atoms with Gasteiger partial charge in [-0.15, -0.1) is 0 Å². The molecule has 0 radical (unpaired) electrons. The van der Waals surface area contributed by atoms with E-state index in [2.05, 4.69) is 0 Å². The first kappa shape index (κ1) is 15.7. The summed E-state index contributed by atoms with van der Waals surface area (Å²) in [4.78, 5) is -0.905. The fourth-order valence-electron chi connectivity index (χ4n) is 1.74. The Balaban J connectivity index is 2.10. The van der Waals surface area contributed by atoms with E-state index < -0.39 is 25.6 Å². The van der Waals surface area contributed by atoms with Crippen LogP contribution in [-0.4, -0.2) is 15.0 Å². The van der Waals surface area contributed by atoms with Crippen LogP contribution in [0.15, 0.2) is 47.4 Å². The zero-order chi connectivity index (χ0) is 15.5. The summed E-state index contributed by atoms with van der Waals surface area (Å²) < 4.78 is 54.5. The van der Waals surface area contributed by atoms with Gasteiger partial charge in [-0.05, 0) is 17.7 Å². The lowest BCUT2D eigenvalue weighted by Crippen LogP contribution is -2.06. The average Bonchev–Trinajstić information content (AvgIpc) is 2.43. The minimum atomic E-state index is -4.33. The van der Waals surface area contributed by atoms with Crippen LogP contribution >= 0.6 is 10.7 Å². The molecule has 0 saturated carbocycles. The molecule has 0 aliphatic heterocycles. The molecule has 2 rings (SSSR count). The largest absolute Gasteiger partial charge is 0.490 e. The topological polar surface area (TPSA) is 43.4 Å². The summed E-state index contributed by atoms with van der Waals surface area (Å²) in [5, 5.41) is 0. The summed E-state index contributed by atoms with van der Waals surface area (Å²) in [5.74, 6) is -3.26. The van der Waals surface area contributed by atoms with Crippen molar-refractivity contribution in [3.05, 3.63) is 59.7 Å². The molecular formula is C14H11ClF2O3S. The lowest BCUT2D eigenvalue weighted by atomic mass is 10.2. The van der Waals surface area contributed by atoms with E-state index in [0.29, 0.717) is 6.42 Å². The zero-order valence-corrected chi connectivity index (χ0v) is 12.3. The highest BCUT2D eigenvalue weighted by Gasteiger charge is 2.22. The summed E-state index contributed by atoms with van der Waals surface area (Å²) in [6.45, 7) is 0.132. The van der Waals surface area contributed by atoms with Gasteiger partial charge < -0.3 is 4.74 Å². The van der Waals surface area contributed by atoms with Crippen molar-refractivity contribution in [1.29, 1.82) is 0 Å². The van der Waals surface area contributed by atoms with E-state index in [1.807, 2.05) is 30.3 Å². The van der Waals surface area contributed by atoms with Gasteiger partial charge in [0.05, 0.1) is 6.61 Å². The van der Waals surface area contributed by atoms with E-state index in [0.717, 1.165) is 17.7 Å². The molecule has 0 unspecified atom stereocenters. The molecule has 0 N–H and O–H groups in total. The molecule has 112 valence electrons. The Bertz CT molecular complexity index is 733. The molecule has 21 heavy (non-hydrogen) atoms. The SMILES string of the molecule is O=S(=O)(Cl)c1ccc(OCCc2ccccc2)c(F)c1F. The van der Waals surface area contributed by atoms with Crippen LogP contribution in [-0.2, 0) is 15.5 Å². The number of rotatable bonds is 5. The van der Waals surface area contributed by atoms with Gasteiger partial charge in [-0.2, -0.15) is 4.39 Å². The number of benzene rings is 2. The van der Waals surface area contributed by atoms with Gasteiger partial charge in [0.25, 0.3) is 9.05 Å². The van der Waals surface area contributed by atoms with Gasteiger partial charge in [0.15, 0.2) is 11.6 Å². The fourth-order valence-corrected chi connectivity index (χ4v) is 2.63. The molecule has 2 aromatic rings. The van der Waals surface area contributed by atoms with Crippen LogP contribution in [0.5, 0.6) is 5.75 Å². The fraction of sp³-hybridized carbons (Fsp3) is 0.143. The van der Waals surface area contributed by atoms with Crippen LogP contribution in [0.25, 0.3) is 0 Å². The van der Waals surface area contributed by atoms with Gasteiger partial charge in [-0.3, -0.25) is 0 Å². The molecule has 0 saturated heterocycles. The second-order valence-corrected chi connectivity index (χ2v) is 6.75. The normalized spacial score (nSPS) is 11.4. The Morgan fingerprint density at radius 3 is 2.29 bits per heavy atom. The standard InChI is InChI=1S/C14H11ClF2O3S/c15-21(18,19)12-7-6-11(13(16)14(12)17)20-9-8-10-4-2-1-3-5-10/h1-7H,8-9H2. The van der Waals surface area contributed by atoms with Crippen molar-refractivity contribution in [3.63, 3.8) is 0 Å². The number of ether oxygens (including phenoxy) is 1. The maximum Gasteiger partial charge on any atom is 0.264 e. The van der Waals surface area contributed by atoms with E-state index in [1.165, 1.54) is 0 Å². The highest BCUT2D eigenvalue weighted by Crippen LogP contribution is 2.27. The monoisotopic (exact) mass is 332 g/mol. The molecule has 0 heterocycles. The lowest BCUT2D eigenvalue weighted by Gasteiger charge is -2.09. The second kappa shape index (κ2) is 6.41. The summed E-state index contributed by atoms with van der Waals surface area (Å²) >= 11 is 0. The number of halogens is 3. The first-order valence-electron chi connectivity index (χ1n) is 5.99. The quantitative estimate of drug-likeness (QED) is 0.787.